The molecule has 2 heteroatoms. The van der Waals surface area contributed by atoms with Crippen molar-refractivity contribution in [3.63, 3.8) is 0 Å². The molecule has 0 N–H and O–H groups in total. The summed E-state index contributed by atoms with van der Waals surface area (Å²) in [5, 5.41) is 1.46. The van der Waals surface area contributed by atoms with Gasteiger partial charge < -0.3 is 9.64 Å². The van der Waals surface area contributed by atoms with E-state index in [-0.39, 0.29) is 17.0 Å². The molecular weight excluding hydrogens is 691 g/mol. The van der Waals surface area contributed by atoms with Crippen LogP contribution < -0.4 is 9.64 Å². The molecule has 1 aliphatic carbocycles. The highest BCUT2D eigenvalue weighted by atomic mass is 16.5. The van der Waals surface area contributed by atoms with Crippen LogP contribution in [0.2, 0.25) is 0 Å². The highest BCUT2D eigenvalue weighted by molar-refractivity contribution is 6.07. The lowest BCUT2D eigenvalue weighted by Gasteiger charge is -2.30. The van der Waals surface area contributed by atoms with Crippen molar-refractivity contribution in [1.29, 1.82) is 0 Å². The maximum atomic E-state index is 10.3. The molecule has 1 aliphatic heterocycles. The van der Waals surface area contributed by atoms with Crippen LogP contribution in [0.1, 0.15) is 55.0 Å². The first-order valence-corrected chi connectivity index (χ1v) is 18.0. The topological polar surface area (TPSA) is 12.5 Å². The van der Waals surface area contributed by atoms with Crippen molar-refractivity contribution in [2.75, 3.05) is 4.90 Å². The van der Waals surface area contributed by atoms with E-state index >= 15 is 0 Å². The lowest BCUT2D eigenvalue weighted by molar-refractivity contribution is 0.488. The van der Waals surface area contributed by atoms with Crippen molar-refractivity contribution in [2.45, 2.75) is 19.1 Å². The first-order chi connectivity index (χ1) is 37.2. The summed E-state index contributed by atoms with van der Waals surface area (Å²) in [7, 11) is 0. The van der Waals surface area contributed by atoms with E-state index in [2.05, 4.69) is 0 Å². The molecule has 9 aromatic rings. The number of hydrogen-bond acceptors (Lipinski definition) is 2. The number of ether oxygens (including phenoxy) is 1. The standard InChI is InChI=1S/C55H39NO/c1-55(2)48-23-12-11-21-44(48)45-32-31-42(35-49(45)55)56(41-29-27-37(28-30-41)36-15-5-3-6-16-36)50-24-14-26-52-54(50)47-34-40-20-10-9-19-39(40)33-46(47)53-43(22-13-25-51(53)57-52)38-17-7-4-8-18-38/h3-35H,1-2H3/i1D3,2D3,3D,5D,6D,11D,12D,15D,16D,21D,23D,27D,28D,29D,30D,31D,32D,35D. The van der Waals surface area contributed by atoms with E-state index in [1.165, 1.54) is 12.1 Å². The van der Waals surface area contributed by atoms with Crippen LogP contribution in [0.4, 0.5) is 17.1 Å². The van der Waals surface area contributed by atoms with Crippen LogP contribution >= 0.6 is 0 Å². The van der Waals surface area contributed by atoms with Gasteiger partial charge in [-0.25, -0.2) is 0 Å². The maximum absolute atomic E-state index is 10.3. The Balaban J connectivity index is 1.34. The van der Waals surface area contributed by atoms with Crippen molar-refractivity contribution in [1.82, 2.24) is 0 Å². The van der Waals surface area contributed by atoms with E-state index in [0.29, 0.717) is 27.8 Å². The minimum atomic E-state index is -3.82. The van der Waals surface area contributed by atoms with E-state index in [9.17, 15) is 9.60 Å². The van der Waals surface area contributed by atoms with Crippen LogP contribution in [0, 0.1) is 0 Å². The Kier molecular flexibility index (Phi) is 4.04. The van der Waals surface area contributed by atoms with Gasteiger partial charge in [0.15, 0.2) is 0 Å². The summed E-state index contributed by atoms with van der Waals surface area (Å²) in [6, 6.07) is 15.1. The summed E-state index contributed by atoms with van der Waals surface area (Å²) in [5.41, 5.74) is -7.17. The fraction of sp³-hybridized carbons (Fsp3) is 0.0545. The number of nitrogens with zero attached hydrogens (tertiary/aromatic N) is 1. The summed E-state index contributed by atoms with van der Waals surface area (Å²) in [6.07, 6.45) is 0. The molecule has 0 radical (unpaired) electrons. The zero-order chi connectivity index (χ0) is 57.0. The molecule has 11 rings (SSSR count). The largest absolute Gasteiger partial charge is 0.456 e. The Morgan fingerprint density at radius 3 is 1.88 bits per heavy atom. The van der Waals surface area contributed by atoms with Gasteiger partial charge in [-0.1, -0.05) is 159 Å². The highest BCUT2D eigenvalue weighted by Crippen LogP contribution is 2.56. The summed E-state index contributed by atoms with van der Waals surface area (Å²) >= 11 is 0. The van der Waals surface area contributed by atoms with Crippen molar-refractivity contribution < 1.29 is 34.9 Å². The fourth-order valence-electron chi connectivity index (χ4n) is 7.74. The first-order valence-electron chi connectivity index (χ1n) is 29.0. The van der Waals surface area contributed by atoms with Gasteiger partial charge in [0, 0.05) is 36.1 Å². The molecule has 0 atom stereocenters. The van der Waals surface area contributed by atoms with E-state index in [1.807, 2.05) is 72.8 Å². The Bertz CT molecular complexity index is 4100. The third kappa shape index (κ3) is 5.33. The zero-order valence-corrected chi connectivity index (χ0v) is 29.7. The van der Waals surface area contributed by atoms with Gasteiger partial charge in [0.25, 0.3) is 0 Å². The van der Waals surface area contributed by atoms with Gasteiger partial charge in [-0.2, -0.15) is 0 Å². The monoisotopic (exact) mass is 751 g/mol. The van der Waals surface area contributed by atoms with Crippen molar-refractivity contribution in [3.05, 3.63) is 211 Å². The molecule has 0 saturated heterocycles. The third-order valence-corrected chi connectivity index (χ3v) is 10.3. The first kappa shape index (κ1) is 17.7. The van der Waals surface area contributed by atoms with Gasteiger partial charge in [0.2, 0.25) is 0 Å². The van der Waals surface area contributed by atoms with Gasteiger partial charge in [0.1, 0.15) is 11.5 Å². The van der Waals surface area contributed by atoms with Crippen LogP contribution in [0.25, 0.3) is 66.4 Å². The van der Waals surface area contributed by atoms with Crippen LogP contribution in [-0.2, 0) is 5.41 Å². The summed E-state index contributed by atoms with van der Waals surface area (Å²) in [4.78, 5) is 0.895. The molecule has 2 aliphatic rings. The fourth-order valence-corrected chi connectivity index (χ4v) is 7.74. The number of hydrogen-bond donors (Lipinski definition) is 0. The average Bonchev–Trinajstić information content (AvgIpc) is 3.38. The van der Waals surface area contributed by atoms with E-state index < -0.39 is 161 Å². The number of fused-ring (bicyclic) bond motifs is 9. The summed E-state index contributed by atoms with van der Waals surface area (Å²) < 4.78 is 208. The molecule has 2 nitrogen and oxygen atoms in total. The van der Waals surface area contributed by atoms with Crippen LogP contribution in [0.5, 0.6) is 11.5 Å². The number of rotatable bonds is 5. The molecular formula is C55H39NO. The molecule has 0 unspecified atom stereocenters. The van der Waals surface area contributed by atoms with E-state index in [0.717, 1.165) is 21.4 Å². The minimum absolute atomic E-state index is 0.0784. The smallest absolute Gasteiger partial charge is 0.137 e. The molecule has 0 aromatic heterocycles. The van der Waals surface area contributed by atoms with Gasteiger partial charge in [-0.3, -0.25) is 0 Å². The highest BCUT2D eigenvalue weighted by Gasteiger charge is 2.36. The molecule has 0 amide bonds. The van der Waals surface area contributed by atoms with E-state index in [4.69, 9.17) is 25.3 Å². The second kappa shape index (κ2) is 13.0. The molecule has 0 spiro atoms. The molecule has 0 saturated carbocycles. The number of benzene rings is 9. The third-order valence-electron chi connectivity index (χ3n) is 10.3. The van der Waals surface area contributed by atoms with Crippen LogP contribution in [0.15, 0.2) is 200 Å². The molecule has 270 valence electrons. The zero-order valence-electron chi connectivity index (χ0n) is 51.7. The number of anilines is 3. The van der Waals surface area contributed by atoms with Gasteiger partial charge in [0.05, 0.1) is 27.6 Å². The average molecular weight is 752 g/mol. The van der Waals surface area contributed by atoms with E-state index in [1.54, 1.807) is 18.2 Å². The predicted molar refractivity (Wildman–Crippen MR) is 238 cm³/mol. The normalized spacial score (nSPS) is 18.9. The molecule has 0 fully saturated rings. The minimum Gasteiger partial charge on any atom is -0.456 e. The Morgan fingerprint density at radius 1 is 0.474 bits per heavy atom. The Hall–Kier alpha value is -7.16. The SMILES string of the molecule is [2H]c1c([2H])c([2H])c(-c2c([2H])c([2H])c(N(c3cccc4c3-c3cc5ccccc5cc3-c3c(cccc3-c3ccccc3)O4)c3c([2H])c([2H])c4c(c3[2H])C(C([2H])([2H])[2H])(C([2H])([2H])[2H])c3c([2H])c([2H])c([2H])c([2H])c3-4)c([2H])c2[2H])c([2H])c1[2H]. The second-order valence-corrected chi connectivity index (χ2v) is 13.6. The van der Waals surface area contributed by atoms with Crippen LogP contribution in [-0.4, -0.2) is 0 Å². The lowest BCUT2D eigenvalue weighted by Crippen LogP contribution is -2.17. The summed E-state index contributed by atoms with van der Waals surface area (Å²) in [6.45, 7) is -7.64. The van der Waals surface area contributed by atoms with Gasteiger partial charge in [-0.05, 0) is 121 Å². The van der Waals surface area contributed by atoms with Gasteiger partial charge in [-0.15, -0.1) is 0 Å². The predicted octanol–water partition coefficient (Wildman–Crippen LogP) is 15.4. The lowest BCUT2D eigenvalue weighted by atomic mass is 9.82. The van der Waals surface area contributed by atoms with Crippen molar-refractivity contribution in [3.8, 4) is 67.1 Å². The quantitative estimate of drug-likeness (QED) is 0.174. The summed E-state index contributed by atoms with van der Waals surface area (Å²) in [5.74, 6) is 0.424. The Morgan fingerprint density at radius 2 is 1.11 bits per heavy atom. The molecule has 1 heterocycles. The molecule has 0 bridgehead atoms. The molecule has 57 heavy (non-hydrogen) atoms. The molecule has 9 aromatic carbocycles. The van der Waals surface area contributed by atoms with Gasteiger partial charge >= 0.3 is 0 Å². The maximum Gasteiger partial charge on any atom is 0.137 e. The second-order valence-electron chi connectivity index (χ2n) is 13.6. The Labute approximate surface area is 364 Å². The van der Waals surface area contributed by atoms with Crippen LogP contribution in [0.3, 0.4) is 0 Å². The van der Waals surface area contributed by atoms with Crippen molar-refractivity contribution in [2.24, 2.45) is 0 Å². The van der Waals surface area contributed by atoms with Crippen molar-refractivity contribution >= 4 is 27.8 Å².